The lowest BCUT2D eigenvalue weighted by molar-refractivity contribution is -0.0876. The van der Waals surface area contributed by atoms with Gasteiger partial charge in [-0.25, -0.2) is 0 Å². The minimum Gasteiger partial charge on any atom is -0.396 e. The molecule has 12 heavy (non-hydrogen) atoms. The van der Waals surface area contributed by atoms with Crippen molar-refractivity contribution in [1.82, 2.24) is 0 Å². The van der Waals surface area contributed by atoms with Crippen LogP contribution in [0.25, 0.3) is 0 Å². The third-order valence-electron chi connectivity index (χ3n) is 3.43. The quantitative estimate of drug-likeness (QED) is 0.592. The van der Waals surface area contributed by atoms with Gasteiger partial charge in [0.25, 0.3) is 0 Å². The van der Waals surface area contributed by atoms with Crippen LogP contribution in [0.1, 0.15) is 19.8 Å². The largest absolute Gasteiger partial charge is 0.396 e. The van der Waals surface area contributed by atoms with Gasteiger partial charge < -0.3 is 14.9 Å². The van der Waals surface area contributed by atoms with Gasteiger partial charge in [-0.1, -0.05) is 0 Å². The lowest BCUT2D eigenvalue weighted by atomic mass is 9.73. The van der Waals surface area contributed by atoms with Crippen molar-refractivity contribution >= 4 is 0 Å². The van der Waals surface area contributed by atoms with Crippen LogP contribution < -0.4 is 0 Å². The van der Waals surface area contributed by atoms with Crippen molar-refractivity contribution in [2.24, 2.45) is 11.8 Å². The molecule has 1 saturated carbocycles. The second-order valence-electron chi connectivity index (χ2n) is 4.28. The molecule has 3 nitrogen and oxygen atoms in total. The molecule has 0 aromatic heterocycles. The lowest BCUT2D eigenvalue weighted by Crippen LogP contribution is -2.44. The van der Waals surface area contributed by atoms with E-state index >= 15 is 0 Å². The van der Waals surface area contributed by atoms with Crippen molar-refractivity contribution in [3.05, 3.63) is 0 Å². The van der Waals surface area contributed by atoms with E-state index in [9.17, 15) is 5.11 Å². The minimum absolute atomic E-state index is 0.182. The van der Waals surface area contributed by atoms with Crippen molar-refractivity contribution in [3.8, 4) is 0 Å². The highest BCUT2D eigenvalue weighted by Gasteiger charge is 2.49. The molecule has 0 aromatic carbocycles. The van der Waals surface area contributed by atoms with Crippen molar-refractivity contribution < 1.29 is 14.9 Å². The molecular formula is C9H16O3. The van der Waals surface area contributed by atoms with Crippen LogP contribution in [0.2, 0.25) is 0 Å². The number of rotatable bonds is 1. The Morgan fingerprint density at radius 2 is 2.33 bits per heavy atom. The van der Waals surface area contributed by atoms with Gasteiger partial charge in [0.15, 0.2) is 0 Å². The van der Waals surface area contributed by atoms with E-state index in [0.29, 0.717) is 18.9 Å². The molecule has 1 aliphatic carbocycles. The second kappa shape index (κ2) is 2.69. The summed E-state index contributed by atoms with van der Waals surface area (Å²) in [5, 5.41) is 18.8. The van der Waals surface area contributed by atoms with Crippen LogP contribution in [0.4, 0.5) is 0 Å². The summed E-state index contributed by atoms with van der Waals surface area (Å²) < 4.78 is 5.55. The zero-order valence-electron chi connectivity index (χ0n) is 7.36. The smallest absolute Gasteiger partial charge is 0.0916 e. The lowest BCUT2D eigenvalue weighted by Gasteiger charge is -2.36. The van der Waals surface area contributed by atoms with Gasteiger partial charge in [0.05, 0.1) is 18.3 Å². The average molecular weight is 172 g/mol. The van der Waals surface area contributed by atoms with Crippen LogP contribution >= 0.6 is 0 Å². The Hall–Kier alpha value is -0.120. The second-order valence-corrected chi connectivity index (χ2v) is 4.28. The molecule has 4 unspecified atom stereocenters. The number of hydrogen-bond donors (Lipinski definition) is 2. The maximum atomic E-state index is 9.72. The number of fused-ring (bicyclic) bond motifs is 2. The zero-order chi connectivity index (χ0) is 8.77. The highest BCUT2D eigenvalue weighted by molar-refractivity contribution is 4.99. The van der Waals surface area contributed by atoms with E-state index in [1.54, 1.807) is 0 Å². The molecule has 0 spiro atoms. The molecule has 2 aliphatic rings. The maximum Gasteiger partial charge on any atom is 0.0916 e. The third kappa shape index (κ3) is 1.08. The highest BCUT2D eigenvalue weighted by Crippen LogP contribution is 2.44. The molecule has 4 atom stereocenters. The molecule has 0 amide bonds. The Labute approximate surface area is 72.3 Å². The van der Waals surface area contributed by atoms with Crippen LogP contribution in [0.3, 0.4) is 0 Å². The van der Waals surface area contributed by atoms with Gasteiger partial charge in [0, 0.05) is 6.61 Å². The standard InChI is InChI=1S/C9H16O3/c1-9-3-7(5-12-9)6(4-10)2-8(9)11/h6-8,10-11H,2-5H2,1H3. The fourth-order valence-electron chi connectivity index (χ4n) is 2.42. The van der Waals surface area contributed by atoms with E-state index in [4.69, 9.17) is 9.84 Å². The van der Waals surface area contributed by atoms with Gasteiger partial charge in [-0.05, 0) is 31.6 Å². The Morgan fingerprint density at radius 3 is 3.00 bits per heavy atom. The summed E-state index contributed by atoms with van der Waals surface area (Å²) in [5.41, 5.74) is -0.323. The van der Waals surface area contributed by atoms with Crippen molar-refractivity contribution in [2.45, 2.75) is 31.5 Å². The molecule has 1 saturated heterocycles. The highest BCUT2D eigenvalue weighted by atomic mass is 16.5. The summed E-state index contributed by atoms with van der Waals surface area (Å²) in [6.07, 6.45) is 1.20. The predicted octanol–water partition coefficient (Wildman–Crippen LogP) is 0.155. The van der Waals surface area contributed by atoms with E-state index < -0.39 is 6.10 Å². The predicted molar refractivity (Wildman–Crippen MR) is 43.7 cm³/mol. The summed E-state index contributed by atoms with van der Waals surface area (Å²) in [6, 6.07) is 0. The van der Waals surface area contributed by atoms with E-state index in [1.165, 1.54) is 0 Å². The van der Waals surface area contributed by atoms with Crippen LogP contribution in [0.15, 0.2) is 0 Å². The summed E-state index contributed by atoms with van der Waals surface area (Å²) in [4.78, 5) is 0. The Bertz CT molecular complexity index is 183. The van der Waals surface area contributed by atoms with Crippen LogP contribution in [0.5, 0.6) is 0 Å². The summed E-state index contributed by atoms with van der Waals surface area (Å²) >= 11 is 0. The molecule has 3 heteroatoms. The summed E-state index contributed by atoms with van der Waals surface area (Å²) in [6.45, 7) is 2.85. The van der Waals surface area contributed by atoms with Crippen LogP contribution in [-0.4, -0.2) is 35.1 Å². The van der Waals surface area contributed by atoms with Crippen molar-refractivity contribution in [1.29, 1.82) is 0 Å². The van der Waals surface area contributed by atoms with Crippen LogP contribution in [-0.2, 0) is 4.74 Å². The molecule has 2 N–H and O–H groups in total. The first-order chi connectivity index (χ1) is 5.65. The van der Waals surface area contributed by atoms with Crippen molar-refractivity contribution in [3.63, 3.8) is 0 Å². The van der Waals surface area contributed by atoms with E-state index in [2.05, 4.69) is 0 Å². The number of aliphatic hydroxyl groups excluding tert-OH is 2. The molecule has 2 fully saturated rings. The van der Waals surface area contributed by atoms with Crippen LogP contribution in [0, 0.1) is 11.8 Å². The number of ether oxygens (including phenoxy) is 1. The molecule has 1 heterocycles. The Balaban J connectivity index is 2.14. The van der Waals surface area contributed by atoms with Gasteiger partial charge in [-0.15, -0.1) is 0 Å². The molecule has 2 rings (SSSR count). The first-order valence-electron chi connectivity index (χ1n) is 4.58. The molecule has 70 valence electrons. The summed E-state index contributed by atoms with van der Waals surface area (Å²) in [7, 11) is 0. The molecule has 1 aliphatic heterocycles. The van der Waals surface area contributed by atoms with E-state index in [-0.39, 0.29) is 18.1 Å². The average Bonchev–Trinajstić information content (AvgIpc) is 2.39. The summed E-state index contributed by atoms with van der Waals surface area (Å²) in [5.74, 6) is 0.707. The van der Waals surface area contributed by atoms with Gasteiger partial charge in [-0.3, -0.25) is 0 Å². The molecule has 0 radical (unpaired) electrons. The molecule has 2 bridgehead atoms. The maximum absolute atomic E-state index is 9.72. The topological polar surface area (TPSA) is 49.7 Å². The van der Waals surface area contributed by atoms with Gasteiger partial charge in [0.1, 0.15) is 0 Å². The van der Waals surface area contributed by atoms with Gasteiger partial charge in [0.2, 0.25) is 0 Å². The first kappa shape index (κ1) is 8.48. The van der Waals surface area contributed by atoms with Gasteiger partial charge in [-0.2, -0.15) is 0 Å². The molecule has 0 aromatic rings. The monoisotopic (exact) mass is 172 g/mol. The first-order valence-corrected chi connectivity index (χ1v) is 4.58. The number of aliphatic hydroxyl groups is 2. The normalized spacial score (nSPS) is 52.8. The van der Waals surface area contributed by atoms with E-state index in [0.717, 1.165) is 6.42 Å². The number of hydrogen-bond acceptors (Lipinski definition) is 3. The van der Waals surface area contributed by atoms with Crippen molar-refractivity contribution in [2.75, 3.05) is 13.2 Å². The minimum atomic E-state index is -0.395. The van der Waals surface area contributed by atoms with Gasteiger partial charge >= 0.3 is 0 Å². The third-order valence-corrected chi connectivity index (χ3v) is 3.43. The zero-order valence-corrected chi connectivity index (χ0v) is 7.36. The SMILES string of the molecule is CC12CC(CO1)C(CO)CC2O. The Morgan fingerprint density at radius 1 is 1.58 bits per heavy atom. The van der Waals surface area contributed by atoms with E-state index in [1.807, 2.05) is 6.92 Å². The molecular weight excluding hydrogens is 156 g/mol. The fourth-order valence-corrected chi connectivity index (χ4v) is 2.42. The Kier molecular flexibility index (Phi) is 1.90. The fraction of sp³-hybridized carbons (Fsp3) is 1.00.